The maximum absolute atomic E-state index is 6.22. The molecular formula is C14H20ClN5. The van der Waals surface area contributed by atoms with E-state index in [0.29, 0.717) is 17.4 Å². The van der Waals surface area contributed by atoms with E-state index in [1.165, 1.54) is 0 Å². The largest absolute Gasteiger partial charge is 0.271 e. The van der Waals surface area contributed by atoms with Gasteiger partial charge in [0.05, 0.1) is 6.04 Å². The smallest absolute Gasteiger partial charge is 0.138 e. The van der Waals surface area contributed by atoms with Gasteiger partial charge < -0.3 is 0 Å². The first-order chi connectivity index (χ1) is 9.61. The van der Waals surface area contributed by atoms with Gasteiger partial charge in [-0.05, 0) is 17.5 Å². The van der Waals surface area contributed by atoms with Crippen LogP contribution in [0.15, 0.2) is 30.6 Å². The number of aromatic nitrogens is 3. The van der Waals surface area contributed by atoms with Crippen LogP contribution in [-0.4, -0.2) is 14.8 Å². The van der Waals surface area contributed by atoms with Crippen molar-refractivity contribution in [2.45, 2.75) is 32.9 Å². The van der Waals surface area contributed by atoms with E-state index in [2.05, 4.69) is 29.4 Å². The average Bonchev–Trinajstić information content (AvgIpc) is 2.83. The molecule has 0 radical (unpaired) electrons. The molecule has 0 spiro atoms. The zero-order valence-corrected chi connectivity index (χ0v) is 12.5. The van der Waals surface area contributed by atoms with Crippen molar-refractivity contribution in [1.29, 1.82) is 0 Å². The van der Waals surface area contributed by atoms with E-state index < -0.39 is 0 Å². The highest BCUT2D eigenvalue weighted by atomic mass is 35.5. The second kappa shape index (κ2) is 6.83. The molecule has 108 valence electrons. The predicted molar refractivity (Wildman–Crippen MR) is 80.1 cm³/mol. The fourth-order valence-corrected chi connectivity index (χ4v) is 2.41. The molecule has 0 aliphatic carbocycles. The van der Waals surface area contributed by atoms with Crippen molar-refractivity contribution in [1.82, 2.24) is 20.2 Å². The van der Waals surface area contributed by atoms with E-state index in [9.17, 15) is 0 Å². The molecule has 1 atom stereocenters. The summed E-state index contributed by atoms with van der Waals surface area (Å²) in [7, 11) is 0. The highest BCUT2D eigenvalue weighted by Gasteiger charge is 2.17. The number of hydrazine groups is 1. The SMILES string of the molecule is CC(C)Cn1ncnc1CC(NN)c1ccccc1Cl. The van der Waals surface area contributed by atoms with Crippen LogP contribution in [0, 0.1) is 5.92 Å². The molecule has 0 fully saturated rings. The third-order valence-corrected chi connectivity index (χ3v) is 3.45. The summed E-state index contributed by atoms with van der Waals surface area (Å²) >= 11 is 6.22. The molecule has 0 saturated heterocycles. The van der Waals surface area contributed by atoms with Crippen LogP contribution in [0.5, 0.6) is 0 Å². The van der Waals surface area contributed by atoms with E-state index in [1.54, 1.807) is 6.33 Å². The van der Waals surface area contributed by atoms with Crippen LogP contribution in [0.4, 0.5) is 0 Å². The molecule has 0 amide bonds. The number of benzene rings is 1. The molecule has 1 aromatic carbocycles. The highest BCUT2D eigenvalue weighted by molar-refractivity contribution is 6.31. The summed E-state index contributed by atoms with van der Waals surface area (Å²) in [6, 6.07) is 7.60. The van der Waals surface area contributed by atoms with Gasteiger partial charge in [-0.15, -0.1) is 0 Å². The summed E-state index contributed by atoms with van der Waals surface area (Å²) in [5.74, 6) is 7.09. The first-order valence-corrected chi connectivity index (χ1v) is 7.06. The van der Waals surface area contributed by atoms with E-state index in [0.717, 1.165) is 17.9 Å². The zero-order valence-electron chi connectivity index (χ0n) is 11.8. The molecule has 1 unspecified atom stereocenters. The molecule has 1 aromatic heterocycles. The van der Waals surface area contributed by atoms with Gasteiger partial charge in [0.1, 0.15) is 12.2 Å². The van der Waals surface area contributed by atoms with Crippen LogP contribution in [-0.2, 0) is 13.0 Å². The van der Waals surface area contributed by atoms with Gasteiger partial charge in [0.15, 0.2) is 0 Å². The molecule has 3 N–H and O–H groups in total. The van der Waals surface area contributed by atoms with Crippen LogP contribution in [0.2, 0.25) is 5.02 Å². The van der Waals surface area contributed by atoms with Gasteiger partial charge in [-0.25, -0.2) is 9.67 Å². The lowest BCUT2D eigenvalue weighted by molar-refractivity contribution is 0.446. The molecule has 0 saturated carbocycles. The van der Waals surface area contributed by atoms with Crippen molar-refractivity contribution in [3.63, 3.8) is 0 Å². The van der Waals surface area contributed by atoms with E-state index in [4.69, 9.17) is 17.4 Å². The van der Waals surface area contributed by atoms with Gasteiger partial charge in [0.25, 0.3) is 0 Å². The zero-order chi connectivity index (χ0) is 14.5. The molecule has 0 aliphatic rings. The van der Waals surface area contributed by atoms with Crippen LogP contribution in [0.25, 0.3) is 0 Å². The van der Waals surface area contributed by atoms with Crippen LogP contribution < -0.4 is 11.3 Å². The lowest BCUT2D eigenvalue weighted by atomic mass is 10.0. The molecule has 2 rings (SSSR count). The molecule has 20 heavy (non-hydrogen) atoms. The fraction of sp³-hybridized carbons (Fsp3) is 0.429. The number of nitrogens with one attached hydrogen (secondary N) is 1. The Kier molecular flexibility index (Phi) is 5.11. The third-order valence-electron chi connectivity index (χ3n) is 3.10. The first kappa shape index (κ1) is 15.0. The topological polar surface area (TPSA) is 68.8 Å². The van der Waals surface area contributed by atoms with Crippen molar-refractivity contribution in [3.05, 3.63) is 47.0 Å². The maximum Gasteiger partial charge on any atom is 0.138 e. The Bertz CT molecular complexity index is 552. The van der Waals surface area contributed by atoms with E-state index in [-0.39, 0.29) is 6.04 Å². The summed E-state index contributed by atoms with van der Waals surface area (Å²) in [4.78, 5) is 4.33. The summed E-state index contributed by atoms with van der Waals surface area (Å²) in [6.07, 6.45) is 2.23. The second-order valence-electron chi connectivity index (χ2n) is 5.20. The second-order valence-corrected chi connectivity index (χ2v) is 5.60. The summed E-state index contributed by atoms with van der Waals surface area (Å²) in [6.45, 7) is 5.14. The van der Waals surface area contributed by atoms with E-state index >= 15 is 0 Å². The summed E-state index contributed by atoms with van der Waals surface area (Å²) in [5, 5.41) is 4.96. The Balaban J connectivity index is 2.19. The van der Waals surface area contributed by atoms with Crippen LogP contribution in [0.3, 0.4) is 0 Å². The van der Waals surface area contributed by atoms with E-state index in [1.807, 2.05) is 28.9 Å². The number of hydrogen-bond acceptors (Lipinski definition) is 4. The minimum atomic E-state index is -0.0844. The average molecular weight is 294 g/mol. The minimum absolute atomic E-state index is 0.0844. The molecular weight excluding hydrogens is 274 g/mol. The Morgan fingerprint density at radius 1 is 1.35 bits per heavy atom. The molecule has 5 nitrogen and oxygen atoms in total. The third kappa shape index (κ3) is 3.56. The number of hydrogen-bond donors (Lipinski definition) is 2. The maximum atomic E-state index is 6.22. The standard InChI is InChI=1S/C14H20ClN5/c1-10(2)8-20-14(17-9-18-20)7-13(19-16)11-5-3-4-6-12(11)15/h3-6,9-10,13,19H,7-8,16H2,1-2H3. The quantitative estimate of drug-likeness (QED) is 0.633. The van der Waals surface area contributed by atoms with Crippen molar-refractivity contribution in [2.75, 3.05) is 0 Å². The molecule has 0 aliphatic heterocycles. The lowest BCUT2D eigenvalue weighted by Crippen LogP contribution is -2.30. The Morgan fingerprint density at radius 3 is 2.75 bits per heavy atom. The minimum Gasteiger partial charge on any atom is -0.271 e. The van der Waals surface area contributed by atoms with Gasteiger partial charge in [0, 0.05) is 18.0 Å². The predicted octanol–water partition coefficient (Wildman–Crippen LogP) is 2.33. The summed E-state index contributed by atoms with van der Waals surface area (Å²) < 4.78 is 1.92. The van der Waals surface area contributed by atoms with Crippen molar-refractivity contribution in [3.8, 4) is 0 Å². The number of halogens is 1. The van der Waals surface area contributed by atoms with Crippen LogP contribution >= 0.6 is 11.6 Å². The van der Waals surface area contributed by atoms with Gasteiger partial charge in [-0.3, -0.25) is 11.3 Å². The fourth-order valence-electron chi connectivity index (χ4n) is 2.14. The van der Waals surface area contributed by atoms with Crippen molar-refractivity contribution < 1.29 is 0 Å². The van der Waals surface area contributed by atoms with Gasteiger partial charge >= 0.3 is 0 Å². The van der Waals surface area contributed by atoms with Crippen molar-refractivity contribution in [2.24, 2.45) is 11.8 Å². The van der Waals surface area contributed by atoms with Crippen molar-refractivity contribution >= 4 is 11.6 Å². The number of nitrogens with two attached hydrogens (primary N) is 1. The molecule has 0 bridgehead atoms. The highest BCUT2D eigenvalue weighted by Crippen LogP contribution is 2.24. The van der Waals surface area contributed by atoms with Crippen LogP contribution in [0.1, 0.15) is 31.3 Å². The number of rotatable bonds is 6. The Hall–Kier alpha value is -1.43. The summed E-state index contributed by atoms with van der Waals surface area (Å²) in [5.41, 5.74) is 3.78. The Morgan fingerprint density at radius 2 is 2.10 bits per heavy atom. The lowest BCUT2D eigenvalue weighted by Gasteiger charge is -2.18. The number of nitrogens with zero attached hydrogens (tertiary/aromatic N) is 3. The van der Waals surface area contributed by atoms with Gasteiger partial charge in [-0.1, -0.05) is 43.6 Å². The molecule has 6 heteroatoms. The molecule has 1 heterocycles. The van der Waals surface area contributed by atoms with Gasteiger partial charge in [0.2, 0.25) is 0 Å². The monoisotopic (exact) mass is 293 g/mol. The van der Waals surface area contributed by atoms with Gasteiger partial charge in [-0.2, -0.15) is 5.10 Å². The normalized spacial score (nSPS) is 12.8. The first-order valence-electron chi connectivity index (χ1n) is 6.69. The molecule has 2 aromatic rings. The Labute approximate surface area is 124 Å².